The Balaban J connectivity index is 1.75. The van der Waals surface area contributed by atoms with Crippen LogP contribution in [0.1, 0.15) is 44.9 Å². The second kappa shape index (κ2) is 5.72. The molecule has 3 heteroatoms. The fraction of sp³-hybridized carbons (Fsp3) is 0.647. The summed E-state index contributed by atoms with van der Waals surface area (Å²) in [6.45, 7) is 0. The van der Waals surface area contributed by atoms with Crippen LogP contribution in [0.15, 0.2) is 24.3 Å². The Hall–Kier alpha value is -1.09. The highest BCUT2D eigenvalue weighted by molar-refractivity contribution is 5.24. The van der Waals surface area contributed by atoms with Crippen molar-refractivity contribution in [2.24, 2.45) is 5.41 Å². The maximum absolute atomic E-state index is 13.3. The van der Waals surface area contributed by atoms with Gasteiger partial charge in [-0.25, -0.2) is 4.39 Å². The van der Waals surface area contributed by atoms with Crippen LogP contribution in [0.5, 0.6) is 5.75 Å². The molecule has 1 aromatic rings. The van der Waals surface area contributed by atoms with Crippen LogP contribution in [0.25, 0.3) is 0 Å². The van der Waals surface area contributed by atoms with Gasteiger partial charge in [-0.05, 0) is 32.0 Å². The van der Waals surface area contributed by atoms with E-state index >= 15 is 0 Å². The molecular formula is C17H24FNO. The fourth-order valence-electron chi connectivity index (χ4n) is 4.08. The van der Waals surface area contributed by atoms with Crippen molar-refractivity contribution in [1.29, 1.82) is 0 Å². The van der Waals surface area contributed by atoms with Gasteiger partial charge in [-0.1, -0.05) is 31.7 Å². The quantitative estimate of drug-likeness (QED) is 0.904. The van der Waals surface area contributed by atoms with Gasteiger partial charge < -0.3 is 10.1 Å². The Morgan fingerprint density at radius 2 is 1.95 bits per heavy atom. The summed E-state index contributed by atoms with van der Waals surface area (Å²) in [5.41, 5.74) is 0.261. The summed E-state index contributed by atoms with van der Waals surface area (Å²) < 4.78 is 19.4. The van der Waals surface area contributed by atoms with Crippen molar-refractivity contribution < 1.29 is 9.13 Å². The number of hydrogen-bond acceptors (Lipinski definition) is 2. The molecule has 0 saturated heterocycles. The minimum absolute atomic E-state index is 0.220. The van der Waals surface area contributed by atoms with Crippen LogP contribution in [0.4, 0.5) is 4.39 Å². The van der Waals surface area contributed by atoms with Gasteiger partial charge in [-0.2, -0.15) is 0 Å². The van der Waals surface area contributed by atoms with E-state index < -0.39 is 0 Å². The van der Waals surface area contributed by atoms with Crippen molar-refractivity contribution in [2.75, 3.05) is 7.05 Å². The van der Waals surface area contributed by atoms with E-state index in [4.69, 9.17) is 4.74 Å². The number of hydrogen-bond donors (Lipinski definition) is 1. The number of benzene rings is 1. The molecule has 1 aromatic carbocycles. The Morgan fingerprint density at radius 3 is 2.60 bits per heavy atom. The standard InChI is InChI=1S/C17H24FNO/c1-19-15-12-16(17(15)9-4-2-3-5-10-17)20-14-8-6-7-13(18)11-14/h6-8,11,15-16,19H,2-5,9-10,12H2,1H3. The van der Waals surface area contributed by atoms with Gasteiger partial charge in [0.1, 0.15) is 17.7 Å². The third-order valence-electron chi connectivity index (χ3n) is 5.24. The van der Waals surface area contributed by atoms with Gasteiger partial charge in [0.05, 0.1) is 0 Å². The molecule has 3 rings (SSSR count). The average molecular weight is 277 g/mol. The lowest BCUT2D eigenvalue weighted by molar-refractivity contribution is -0.0882. The number of rotatable bonds is 3. The molecule has 1 spiro atoms. The number of halogens is 1. The molecule has 20 heavy (non-hydrogen) atoms. The van der Waals surface area contributed by atoms with Gasteiger partial charge in [0.15, 0.2) is 0 Å². The Morgan fingerprint density at radius 1 is 1.20 bits per heavy atom. The molecule has 2 aliphatic rings. The average Bonchev–Trinajstić information content (AvgIpc) is 2.71. The van der Waals surface area contributed by atoms with Crippen molar-refractivity contribution in [2.45, 2.75) is 57.1 Å². The van der Waals surface area contributed by atoms with Crippen LogP contribution in [0.2, 0.25) is 0 Å². The predicted octanol–water partition coefficient (Wildman–Crippen LogP) is 3.91. The zero-order chi connectivity index (χ0) is 14.0. The molecule has 0 aliphatic heterocycles. The van der Waals surface area contributed by atoms with E-state index in [1.807, 2.05) is 6.07 Å². The van der Waals surface area contributed by atoms with E-state index in [1.165, 1.54) is 50.7 Å². The third kappa shape index (κ3) is 2.44. The largest absolute Gasteiger partial charge is 0.490 e. The predicted molar refractivity (Wildman–Crippen MR) is 78.4 cm³/mol. The zero-order valence-corrected chi connectivity index (χ0v) is 12.2. The SMILES string of the molecule is CNC1CC(Oc2cccc(F)c2)C12CCCCCC2. The topological polar surface area (TPSA) is 21.3 Å². The van der Waals surface area contributed by atoms with Gasteiger partial charge in [0, 0.05) is 23.9 Å². The molecule has 1 N–H and O–H groups in total. The smallest absolute Gasteiger partial charge is 0.126 e. The molecule has 2 atom stereocenters. The van der Waals surface area contributed by atoms with Gasteiger partial charge in [-0.3, -0.25) is 0 Å². The molecule has 2 saturated carbocycles. The molecule has 110 valence electrons. The summed E-state index contributed by atoms with van der Waals surface area (Å²) in [4.78, 5) is 0. The molecule has 0 radical (unpaired) electrons. The summed E-state index contributed by atoms with van der Waals surface area (Å²) in [7, 11) is 2.05. The van der Waals surface area contributed by atoms with Crippen LogP contribution in [-0.4, -0.2) is 19.2 Å². The second-order valence-corrected chi connectivity index (χ2v) is 6.29. The van der Waals surface area contributed by atoms with Crippen molar-refractivity contribution in [3.63, 3.8) is 0 Å². The maximum Gasteiger partial charge on any atom is 0.126 e. The van der Waals surface area contributed by atoms with Crippen LogP contribution in [0, 0.1) is 11.2 Å². The van der Waals surface area contributed by atoms with Crippen LogP contribution in [0.3, 0.4) is 0 Å². The zero-order valence-electron chi connectivity index (χ0n) is 12.2. The first-order chi connectivity index (χ1) is 9.74. The normalized spacial score (nSPS) is 28.7. The Kier molecular flexibility index (Phi) is 3.97. The highest BCUT2D eigenvalue weighted by atomic mass is 19.1. The summed E-state index contributed by atoms with van der Waals surface area (Å²) >= 11 is 0. The molecule has 0 heterocycles. The molecule has 0 aromatic heterocycles. The summed E-state index contributed by atoms with van der Waals surface area (Å²) in [5, 5.41) is 3.46. The number of nitrogens with one attached hydrogen (secondary N) is 1. The van der Waals surface area contributed by atoms with E-state index in [0.717, 1.165) is 6.42 Å². The molecule has 2 fully saturated rings. The second-order valence-electron chi connectivity index (χ2n) is 6.29. The minimum Gasteiger partial charge on any atom is -0.490 e. The highest BCUT2D eigenvalue weighted by Gasteiger charge is 2.55. The van der Waals surface area contributed by atoms with Crippen molar-refractivity contribution in [1.82, 2.24) is 5.32 Å². The van der Waals surface area contributed by atoms with Crippen molar-refractivity contribution >= 4 is 0 Å². The van der Waals surface area contributed by atoms with Crippen molar-refractivity contribution in [3.05, 3.63) is 30.1 Å². The first-order valence-corrected chi connectivity index (χ1v) is 7.84. The van der Waals surface area contributed by atoms with Gasteiger partial charge >= 0.3 is 0 Å². The van der Waals surface area contributed by atoms with E-state index in [-0.39, 0.29) is 17.3 Å². The lowest BCUT2D eigenvalue weighted by Gasteiger charge is -2.55. The first kappa shape index (κ1) is 13.9. The van der Waals surface area contributed by atoms with E-state index in [0.29, 0.717) is 11.8 Å². The van der Waals surface area contributed by atoms with Crippen LogP contribution in [-0.2, 0) is 0 Å². The van der Waals surface area contributed by atoms with E-state index in [9.17, 15) is 4.39 Å². The Bertz CT molecular complexity index is 454. The molecule has 2 aliphatic carbocycles. The van der Waals surface area contributed by atoms with Crippen molar-refractivity contribution in [3.8, 4) is 5.75 Å². The highest BCUT2D eigenvalue weighted by Crippen LogP contribution is 2.52. The minimum atomic E-state index is -0.220. The Labute approximate surface area is 120 Å². The maximum atomic E-state index is 13.3. The number of ether oxygens (including phenoxy) is 1. The summed E-state index contributed by atoms with van der Waals surface area (Å²) in [6.07, 6.45) is 9.00. The summed E-state index contributed by atoms with van der Waals surface area (Å²) in [5.74, 6) is 0.454. The van der Waals surface area contributed by atoms with Gasteiger partial charge in [0.2, 0.25) is 0 Å². The van der Waals surface area contributed by atoms with Crippen LogP contribution < -0.4 is 10.1 Å². The van der Waals surface area contributed by atoms with E-state index in [2.05, 4.69) is 12.4 Å². The van der Waals surface area contributed by atoms with Gasteiger partial charge in [0.25, 0.3) is 0 Å². The monoisotopic (exact) mass is 277 g/mol. The third-order valence-corrected chi connectivity index (χ3v) is 5.24. The molecule has 0 amide bonds. The lowest BCUT2D eigenvalue weighted by atomic mass is 9.58. The molecule has 2 nitrogen and oxygen atoms in total. The van der Waals surface area contributed by atoms with Crippen LogP contribution >= 0.6 is 0 Å². The fourth-order valence-corrected chi connectivity index (χ4v) is 4.08. The van der Waals surface area contributed by atoms with Gasteiger partial charge in [-0.15, -0.1) is 0 Å². The van der Waals surface area contributed by atoms with E-state index in [1.54, 1.807) is 6.07 Å². The lowest BCUT2D eigenvalue weighted by Crippen LogP contribution is -2.64. The summed E-state index contributed by atoms with van der Waals surface area (Å²) in [6, 6.07) is 7.10. The first-order valence-electron chi connectivity index (χ1n) is 7.84. The molecular weight excluding hydrogens is 253 g/mol. The molecule has 2 unspecified atom stereocenters. The molecule has 0 bridgehead atoms.